The summed E-state index contributed by atoms with van der Waals surface area (Å²) in [6.07, 6.45) is 2.02. The van der Waals surface area contributed by atoms with E-state index in [1.165, 1.54) is 0 Å². The first-order valence-corrected chi connectivity index (χ1v) is 8.49. The van der Waals surface area contributed by atoms with Gasteiger partial charge in [-0.25, -0.2) is 4.79 Å². The Kier molecular flexibility index (Phi) is 5.08. The number of carbonyl (C=O) groups is 1. The molecule has 0 saturated carbocycles. The zero-order valence-electron chi connectivity index (χ0n) is 14.8. The monoisotopic (exact) mass is 345 g/mol. The SMILES string of the molecule is COc1cc(C)cc2oc(=O)c(CC(=O)NC[C@H]3CCCO3)c(C)c12. The molecule has 0 aliphatic carbocycles. The lowest BCUT2D eigenvalue weighted by atomic mass is 10.0. The zero-order valence-corrected chi connectivity index (χ0v) is 14.8. The van der Waals surface area contributed by atoms with E-state index in [2.05, 4.69) is 5.32 Å². The topological polar surface area (TPSA) is 77.8 Å². The van der Waals surface area contributed by atoms with Crippen LogP contribution in [-0.4, -0.2) is 32.3 Å². The number of fused-ring (bicyclic) bond motifs is 1. The second-order valence-electron chi connectivity index (χ2n) is 6.45. The summed E-state index contributed by atoms with van der Waals surface area (Å²) in [5, 5.41) is 3.57. The molecule has 2 aromatic rings. The highest BCUT2D eigenvalue weighted by atomic mass is 16.5. The minimum atomic E-state index is -0.482. The number of aryl methyl sites for hydroxylation is 2. The van der Waals surface area contributed by atoms with Gasteiger partial charge < -0.3 is 19.2 Å². The highest BCUT2D eigenvalue weighted by molar-refractivity contribution is 5.89. The van der Waals surface area contributed by atoms with Gasteiger partial charge in [0.15, 0.2) is 0 Å². The standard InChI is InChI=1S/C19H23NO5/c1-11-7-15(23-3)18-12(2)14(19(22)25-16(18)8-11)9-17(21)20-10-13-5-4-6-24-13/h7-8,13H,4-6,9-10H2,1-3H3,(H,20,21)/t13-/m1/s1. The first kappa shape index (κ1) is 17.5. The molecule has 1 aromatic carbocycles. The van der Waals surface area contributed by atoms with Gasteiger partial charge in [-0.05, 0) is 49.9 Å². The summed E-state index contributed by atoms with van der Waals surface area (Å²) < 4.78 is 16.3. The number of benzene rings is 1. The maximum Gasteiger partial charge on any atom is 0.340 e. The van der Waals surface area contributed by atoms with Gasteiger partial charge in [-0.2, -0.15) is 0 Å². The smallest absolute Gasteiger partial charge is 0.340 e. The number of hydrogen-bond donors (Lipinski definition) is 1. The van der Waals surface area contributed by atoms with Gasteiger partial charge in [0.2, 0.25) is 5.91 Å². The van der Waals surface area contributed by atoms with Crippen LogP contribution < -0.4 is 15.7 Å². The van der Waals surface area contributed by atoms with Gasteiger partial charge in [-0.3, -0.25) is 4.79 Å². The molecule has 0 radical (unpaired) electrons. The highest BCUT2D eigenvalue weighted by Crippen LogP contribution is 2.30. The molecule has 25 heavy (non-hydrogen) atoms. The van der Waals surface area contributed by atoms with Gasteiger partial charge in [0.25, 0.3) is 0 Å². The van der Waals surface area contributed by atoms with Crippen molar-refractivity contribution >= 4 is 16.9 Å². The van der Waals surface area contributed by atoms with Gasteiger partial charge in [-0.15, -0.1) is 0 Å². The number of carbonyl (C=O) groups excluding carboxylic acids is 1. The van der Waals surface area contributed by atoms with Gasteiger partial charge in [0, 0.05) is 13.2 Å². The maximum atomic E-state index is 12.3. The van der Waals surface area contributed by atoms with E-state index in [1.54, 1.807) is 13.2 Å². The third-order valence-corrected chi connectivity index (χ3v) is 4.60. The van der Waals surface area contributed by atoms with Crippen LogP contribution in [-0.2, 0) is 16.0 Å². The molecule has 1 N–H and O–H groups in total. The van der Waals surface area contributed by atoms with E-state index in [0.717, 1.165) is 36.0 Å². The zero-order chi connectivity index (χ0) is 18.0. The average molecular weight is 345 g/mol. The van der Waals surface area contributed by atoms with Crippen LogP contribution in [0.2, 0.25) is 0 Å². The van der Waals surface area contributed by atoms with Gasteiger partial charge in [0.1, 0.15) is 11.3 Å². The van der Waals surface area contributed by atoms with Gasteiger partial charge in [0.05, 0.1) is 30.6 Å². The summed E-state index contributed by atoms with van der Waals surface area (Å²) >= 11 is 0. The minimum absolute atomic E-state index is 0.0200. The minimum Gasteiger partial charge on any atom is -0.496 e. The Bertz CT molecular complexity index is 849. The molecule has 134 valence electrons. The lowest BCUT2D eigenvalue weighted by Gasteiger charge is -2.13. The number of rotatable bonds is 5. The average Bonchev–Trinajstić information content (AvgIpc) is 3.09. The van der Waals surface area contributed by atoms with E-state index >= 15 is 0 Å². The van der Waals surface area contributed by atoms with Crippen molar-refractivity contribution < 1.29 is 18.7 Å². The van der Waals surface area contributed by atoms with E-state index in [9.17, 15) is 9.59 Å². The molecule has 1 atom stereocenters. The largest absolute Gasteiger partial charge is 0.496 e. The third kappa shape index (κ3) is 3.69. The van der Waals surface area contributed by atoms with Crippen LogP contribution in [0.15, 0.2) is 21.3 Å². The number of amides is 1. The molecule has 1 aliphatic heterocycles. The number of hydrogen-bond acceptors (Lipinski definition) is 5. The summed E-state index contributed by atoms with van der Waals surface area (Å²) in [6.45, 7) is 4.94. The van der Waals surface area contributed by atoms with Crippen molar-refractivity contribution in [1.29, 1.82) is 0 Å². The van der Waals surface area contributed by atoms with Crippen molar-refractivity contribution in [3.8, 4) is 5.75 Å². The molecule has 0 bridgehead atoms. The van der Waals surface area contributed by atoms with Crippen molar-refractivity contribution in [2.75, 3.05) is 20.3 Å². The van der Waals surface area contributed by atoms with Crippen molar-refractivity contribution in [3.63, 3.8) is 0 Å². The number of ether oxygens (including phenoxy) is 2. The van der Waals surface area contributed by atoms with E-state index < -0.39 is 5.63 Å². The summed E-state index contributed by atoms with van der Waals surface area (Å²) in [4.78, 5) is 24.6. The van der Waals surface area contributed by atoms with Crippen LogP contribution in [0.1, 0.15) is 29.5 Å². The molecule has 1 aromatic heterocycles. The molecule has 6 heteroatoms. The molecule has 6 nitrogen and oxygen atoms in total. The quantitative estimate of drug-likeness (QED) is 0.841. The van der Waals surface area contributed by atoms with Crippen LogP contribution in [0.25, 0.3) is 11.0 Å². The second-order valence-corrected chi connectivity index (χ2v) is 6.45. The van der Waals surface area contributed by atoms with Crippen LogP contribution in [0.3, 0.4) is 0 Å². The maximum absolute atomic E-state index is 12.3. The van der Waals surface area contributed by atoms with E-state index in [4.69, 9.17) is 13.9 Å². The number of nitrogens with one attached hydrogen (secondary N) is 1. The van der Waals surface area contributed by atoms with Crippen LogP contribution >= 0.6 is 0 Å². The van der Waals surface area contributed by atoms with E-state index in [1.807, 2.05) is 19.9 Å². The number of methoxy groups -OCH3 is 1. The van der Waals surface area contributed by atoms with E-state index in [0.29, 0.717) is 23.4 Å². The first-order chi connectivity index (χ1) is 12.0. The van der Waals surface area contributed by atoms with E-state index in [-0.39, 0.29) is 18.4 Å². The third-order valence-electron chi connectivity index (χ3n) is 4.60. The predicted octanol–water partition coefficient (Wildman–Crippen LogP) is 2.26. The Hall–Kier alpha value is -2.34. The summed E-state index contributed by atoms with van der Waals surface area (Å²) in [6, 6.07) is 3.68. The van der Waals surface area contributed by atoms with Crippen LogP contribution in [0, 0.1) is 13.8 Å². The molecule has 2 heterocycles. The predicted molar refractivity (Wildman–Crippen MR) is 94.2 cm³/mol. The fourth-order valence-corrected chi connectivity index (χ4v) is 3.26. The van der Waals surface area contributed by atoms with Crippen molar-refractivity contribution in [3.05, 3.63) is 39.2 Å². The molecule has 0 spiro atoms. The molecule has 0 unspecified atom stereocenters. The fraction of sp³-hybridized carbons (Fsp3) is 0.474. The Morgan fingerprint density at radius 3 is 2.84 bits per heavy atom. The van der Waals surface area contributed by atoms with Crippen molar-refractivity contribution in [2.45, 2.75) is 39.2 Å². The Labute approximate surface area is 146 Å². The Morgan fingerprint density at radius 1 is 1.36 bits per heavy atom. The molecule has 1 aliphatic rings. The molecular formula is C19H23NO5. The lowest BCUT2D eigenvalue weighted by Crippen LogP contribution is -2.34. The van der Waals surface area contributed by atoms with Gasteiger partial charge in [-0.1, -0.05) is 0 Å². The van der Waals surface area contributed by atoms with Crippen molar-refractivity contribution in [1.82, 2.24) is 5.32 Å². The molecule has 1 fully saturated rings. The Morgan fingerprint density at radius 2 is 2.16 bits per heavy atom. The van der Waals surface area contributed by atoms with Crippen molar-refractivity contribution in [2.24, 2.45) is 0 Å². The summed E-state index contributed by atoms with van der Waals surface area (Å²) in [7, 11) is 1.58. The Balaban J connectivity index is 1.86. The van der Waals surface area contributed by atoms with Crippen LogP contribution in [0.4, 0.5) is 0 Å². The second kappa shape index (κ2) is 7.27. The molecule has 3 rings (SSSR count). The van der Waals surface area contributed by atoms with Crippen LogP contribution in [0.5, 0.6) is 5.75 Å². The first-order valence-electron chi connectivity index (χ1n) is 8.49. The molecule has 1 amide bonds. The normalized spacial score (nSPS) is 17.0. The lowest BCUT2D eigenvalue weighted by molar-refractivity contribution is -0.121. The highest BCUT2D eigenvalue weighted by Gasteiger charge is 2.20. The molecule has 1 saturated heterocycles. The fourth-order valence-electron chi connectivity index (χ4n) is 3.26. The summed E-state index contributed by atoms with van der Waals surface area (Å²) in [5.74, 6) is 0.425. The molecular weight excluding hydrogens is 322 g/mol. The summed E-state index contributed by atoms with van der Waals surface area (Å²) in [5.41, 5.74) is 2.01. The van der Waals surface area contributed by atoms with Gasteiger partial charge >= 0.3 is 5.63 Å².